The third-order valence-corrected chi connectivity index (χ3v) is 3.87. The van der Waals surface area contributed by atoms with Crippen LogP contribution in [0.5, 0.6) is 0 Å². The van der Waals surface area contributed by atoms with Gasteiger partial charge in [0.05, 0.1) is 0 Å². The largest absolute Gasteiger partial charge is 0.348 e. The topological polar surface area (TPSA) is 80.0 Å². The Balaban J connectivity index is 1.89. The Morgan fingerprint density at radius 2 is 2.25 bits per heavy atom. The minimum Gasteiger partial charge on any atom is -0.348 e. The number of fused-ring (bicyclic) bond motifs is 1. The summed E-state index contributed by atoms with van der Waals surface area (Å²) >= 11 is 0. The van der Waals surface area contributed by atoms with Crippen molar-refractivity contribution in [2.24, 2.45) is 11.8 Å². The molecule has 2 atom stereocenters. The summed E-state index contributed by atoms with van der Waals surface area (Å²) in [4.78, 5) is 16.5. The minimum atomic E-state index is -0.131. The van der Waals surface area contributed by atoms with Gasteiger partial charge in [0.25, 0.3) is 5.91 Å². The first-order valence-electron chi connectivity index (χ1n) is 6.90. The molecule has 1 amide bonds. The van der Waals surface area contributed by atoms with Gasteiger partial charge in [0, 0.05) is 11.4 Å². The number of carbonyl (C=O) groups excluding carboxylic acids is 1. The van der Waals surface area contributed by atoms with Crippen molar-refractivity contribution < 1.29 is 4.79 Å². The summed E-state index contributed by atoms with van der Waals surface area (Å²) in [6.07, 6.45) is 2.17. The molecule has 1 aliphatic carbocycles. The van der Waals surface area contributed by atoms with E-state index < -0.39 is 0 Å². The van der Waals surface area contributed by atoms with Crippen molar-refractivity contribution in [2.45, 2.75) is 25.8 Å². The quantitative estimate of drug-likeness (QED) is 0.587. The smallest absolute Gasteiger partial charge is 0.270 e. The molecule has 1 heterocycles. The van der Waals surface area contributed by atoms with Crippen molar-refractivity contribution in [1.82, 2.24) is 10.3 Å². The van der Waals surface area contributed by atoms with E-state index in [9.17, 15) is 4.79 Å². The summed E-state index contributed by atoms with van der Waals surface area (Å²) < 4.78 is 0. The lowest BCUT2D eigenvalue weighted by molar-refractivity contribution is 0.0944. The number of aromatic nitrogens is 1. The van der Waals surface area contributed by atoms with Crippen molar-refractivity contribution in [3.05, 3.63) is 36.0 Å². The number of hydrogen-bond donors (Lipinski definition) is 3. The van der Waals surface area contributed by atoms with Gasteiger partial charge < -0.3 is 10.7 Å². The van der Waals surface area contributed by atoms with Crippen LogP contribution in [0.2, 0.25) is 0 Å². The lowest BCUT2D eigenvalue weighted by Gasteiger charge is -2.09. The minimum absolute atomic E-state index is 0.131. The van der Waals surface area contributed by atoms with E-state index in [0.29, 0.717) is 23.5 Å². The van der Waals surface area contributed by atoms with Crippen LogP contribution in [-0.2, 0) is 0 Å². The maximum absolute atomic E-state index is 12.2. The molecule has 5 nitrogen and oxygen atoms in total. The number of benzene rings is 1. The Bertz CT molecular complexity index is 655. The third kappa shape index (κ3) is 2.32. The zero-order valence-corrected chi connectivity index (χ0v) is 11.4. The molecule has 5 heteroatoms. The molecule has 1 fully saturated rings. The number of hydrogen-bond acceptors (Lipinski definition) is 4. The molecule has 2 unspecified atom stereocenters. The number of nitrogen functional groups attached to an aromatic ring is 1. The van der Waals surface area contributed by atoms with Crippen molar-refractivity contribution in [3.8, 4) is 0 Å². The first kappa shape index (κ1) is 12.9. The standard InChI is InChI=1S/C15H18N4O/c1-2-9-7-12(9)18-15(20)13-8-10-5-3-4-6-11(10)14(17-13)19-16/h3-6,8-9,12H,2,7,16H2,1H3,(H,17,19)(H,18,20). The lowest BCUT2D eigenvalue weighted by atomic mass is 10.1. The first-order valence-corrected chi connectivity index (χ1v) is 6.90. The van der Waals surface area contributed by atoms with Gasteiger partial charge >= 0.3 is 0 Å². The highest BCUT2D eigenvalue weighted by molar-refractivity contribution is 6.00. The molecule has 1 saturated carbocycles. The Labute approximate surface area is 117 Å². The summed E-state index contributed by atoms with van der Waals surface area (Å²) in [6, 6.07) is 9.82. The molecular formula is C15H18N4O. The van der Waals surface area contributed by atoms with Crippen molar-refractivity contribution in [2.75, 3.05) is 5.43 Å². The third-order valence-electron chi connectivity index (χ3n) is 3.87. The van der Waals surface area contributed by atoms with E-state index in [1.54, 1.807) is 6.07 Å². The molecule has 1 aromatic carbocycles. The molecule has 0 spiro atoms. The molecule has 4 N–H and O–H groups in total. The number of hydrazine groups is 1. The van der Waals surface area contributed by atoms with E-state index >= 15 is 0 Å². The van der Waals surface area contributed by atoms with Crippen LogP contribution in [0.3, 0.4) is 0 Å². The Morgan fingerprint density at radius 3 is 2.95 bits per heavy atom. The van der Waals surface area contributed by atoms with Gasteiger partial charge in [-0.2, -0.15) is 0 Å². The van der Waals surface area contributed by atoms with Crippen molar-refractivity contribution in [1.29, 1.82) is 0 Å². The van der Waals surface area contributed by atoms with E-state index in [0.717, 1.165) is 23.6 Å². The Kier molecular flexibility index (Phi) is 3.28. The predicted molar refractivity (Wildman–Crippen MR) is 79.2 cm³/mol. The molecule has 0 saturated heterocycles. The van der Waals surface area contributed by atoms with Gasteiger partial charge in [-0.3, -0.25) is 4.79 Å². The van der Waals surface area contributed by atoms with Crippen LogP contribution in [-0.4, -0.2) is 16.9 Å². The second kappa shape index (κ2) is 5.09. The van der Waals surface area contributed by atoms with Crippen LogP contribution in [0.15, 0.2) is 30.3 Å². The summed E-state index contributed by atoms with van der Waals surface area (Å²) in [7, 11) is 0. The lowest BCUT2D eigenvalue weighted by Crippen LogP contribution is -2.28. The van der Waals surface area contributed by atoms with Crippen LogP contribution < -0.4 is 16.6 Å². The number of pyridine rings is 1. The summed E-state index contributed by atoms with van der Waals surface area (Å²) in [6.45, 7) is 2.14. The first-order chi connectivity index (χ1) is 9.72. The molecular weight excluding hydrogens is 252 g/mol. The molecule has 0 radical (unpaired) electrons. The van der Waals surface area contributed by atoms with Crippen LogP contribution in [0.1, 0.15) is 30.3 Å². The predicted octanol–water partition coefficient (Wildman–Crippen LogP) is 2.05. The monoisotopic (exact) mass is 270 g/mol. The fourth-order valence-electron chi connectivity index (χ4n) is 2.54. The van der Waals surface area contributed by atoms with Crippen molar-refractivity contribution in [3.63, 3.8) is 0 Å². The fraction of sp³-hybridized carbons (Fsp3) is 0.333. The molecule has 0 bridgehead atoms. The number of nitrogens with one attached hydrogen (secondary N) is 2. The normalized spacial score (nSPS) is 20.7. The summed E-state index contributed by atoms with van der Waals surface area (Å²) in [5, 5.41) is 4.87. The van der Waals surface area contributed by atoms with Crippen LogP contribution in [0.25, 0.3) is 10.8 Å². The number of amides is 1. The van der Waals surface area contributed by atoms with Gasteiger partial charge in [-0.25, -0.2) is 10.8 Å². The second-order valence-electron chi connectivity index (χ2n) is 5.21. The van der Waals surface area contributed by atoms with E-state index in [1.807, 2.05) is 24.3 Å². The van der Waals surface area contributed by atoms with Gasteiger partial charge in [-0.15, -0.1) is 0 Å². The number of nitrogens with two attached hydrogens (primary N) is 1. The fourth-order valence-corrected chi connectivity index (χ4v) is 2.54. The highest BCUT2D eigenvalue weighted by atomic mass is 16.2. The second-order valence-corrected chi connectivity index (χ2v) is 5.21. The van der Waals surface area contributed by atoms with Gasteiger partial charge in [-0.1, -0.05) is 37.6 Å². The van der Waals surface area contributed by atoms with Crippen LogP contribution in [0, 0.1) is 5.92 Å². The highest BCUT2D eigenvalue weighted by Gasteiger charge is 2.36. The van der Waals surface area contributed by atoms with Crippen LogP contribution in [0.4, 0.5) is 5.82 Å². The average Bonchev–Trinajstić information content (AvgIpc) is 3.24. The summed E-state index contributed by atoms with van der Waals surface area (Å²) in [5.74, 6) is 6.51. The maximum atomic E-state index is 12.2. The van der Waals surface area contributed by atoms with Gasteiger partial charge in [-0.05, 0) is 23.8 Å². The number of nitrogens with zero attached hydrogens (tertiary/aromatic N) is 1. The zero-order valence-electron chi connectivity index (χ0n) is 11.4. The molecule has 1 aromatic heterocycles. The zero-order chi connectivity index (χ0) is 14.1. The van der Waals surface area contributed by atoms with Gasteiger partial charge in [0.15, 0.2) is 0 Å². The van der Waals surface area contributed by atoms with Gasteiger partial charge in [0.2, 0.25) is 0 Å². The Morgan fingerprint density at radius 1 is 1.45 bits per heavy atom. The summed E-state index contributed by atoms with van der Waals surface area (Å²) in [5.41, 5.74) is 2.96. The molecule has 1 aliphatic rings. The van der Waals surface area contributed by atoms with E-state index in [2.05, 4.69) is 22.7 Å². The molecule has 3 rings (SSSR count). The number of carbonyl (C=O) groups is 1. The average molecular weight is 270 g/mol. The number of anilines is 1. The molecule has 20 heavy (non-hydrogen) atoms. The Hall–Kier alpha value is -2.14. The molecule has 104 valence electrons. The van der Waals surface area contributed by atoms with Crippen LogP contribution >= 0.6 is 0 Å². The van der Waals surface area contributed by atoms with E-state index in [1.165, 1.54) is 0 Å². The van der Waals surface area contributed by atoms with E-state index in [4.69, 9.17) is 5.84 Å². The van der Waals surface area contributed by atoms with Crippen molar-refractivity contribution >= 4 is 22.5 Å². The van der Waals surface area contributed by atoms with Gasteiger partial charge in [0.1, 0.15) is 11.5 Å². The van der Waals surface area contributed by atoms with E-state index in [-0.39, 0.29) is 5.91 Å². The molecule has 2 aromatic rings. The highest BCUT2D eigenvalue weighted by Crippen LogP contribution is 2.33. The molecule has 0 aliphatic heterocycles. The SMILES string of the molecule is CCC1CC1NC(=O)c1cc2ccccc2c(NN)n1. The maximum Gasteiger partial charge on any atom is 0.270 e. The number of rotatable bonds is 4.